The van der Waals surface area contributed by atoms with Crippen LogP contribution in [-0.4, -0.2) is 71.8 Å². The molecule has 2 heterocycles. The first-order chi connectivity index (χ1) is 18.3. The van der Waals surface area contributed by atoms with E-state index in [2.05, 4.69) is 4.90 Å². The molecule has 0 N–H and O–H groups in total. The third-order valence-electron chi connectivity index (χ3n) is 7.05. The predicted octanol–water partition coefficient (Wildman–Crippen LogP) is 5.28. The van der Waals surface area contributed by atoms with Crippen LogP contribution < -0.4 is 0 Å². The van der Waals surface area contributed by atoms with Gasteiger partial charge in [-0.25, -0.2) is 0 Å². The quantitative estimate of drug-likeness (QED) is 0.400. The Bertz CT molecular complexity index is 1270. The van der Waals surface area contributed by atoms with E-state index in [4.69, 9.17) is 0 Å². The van der Waals surface area contributed by atoms with Gasteiger partial charge >= 0.3 is 6.18 Å². The van der Waals surface area contributed by atoms with Gasteiger partial charge in [0.15, 0.2) is 0 Å². The molecule has 0 bridgehead atoms. The van der Waals surface area contributed by atoms with E-state index in [1.54, 1.807) is 18.2 Å². The van der Waals surface area contributed by atoms with Crippen LogP contribution in [0.25, 0.3) is 0 Å². The number of rotatable bonds is 6. The highest BCUT2D eigenvalue weighted by molar-refractivity contribution is 7.98. The first kappa shape index (κ1) is 26.3. The molecule has 0 saturated carbocycles. The second-order valence-corrected chi connectivity index (χ2v) is 10.6. The highest BCUT2D eigenvalue weighted by atomic mass is 32.2. The van der Waals surface area contributed by atoms with Crippen LogP contribution in [0.1, 0.15) is 31.8 Å². The lowest BCUT2D eigenvalue weighted by atomic mass is 10.0. The molecule has 3 aromatic rings. The molecule has 0 atom stereocenters. The average Bonchev–Trinajstić information content (AvgIpc) is 2.91. The molecule has 0 radical (unpaired) electrons. The normalized spacial score (nSPS) is 16.8. The fourth-order valence-electron chi connectivity index (χ4n) is 4.79. The van der Waals surface area contributed by atoms with Crippen LogP contribution in [0.3, 0.4) is 0 Å². The number of halogens is 3. The van der Waals surface area contributed by atoms with Crippen molar-refractivity contribution in [2.75, 3.05) is 39.3 Å². The summed E-state index contributed by atoms with van der Waals surface area (Å²) in [5, 5.41) is 0. The standard InChI is InChI=1S/C29H28F3N3O2S/c30-29(31,32)24-8-4-5-21(17-24)20-38-26-11-9-23(10-12-26)28(37)35-18-25(19-35)33-13-15-34(16-14-33)27(36)22-6-2-1-3-7-22/h1-12,17,25H,13-16,18-20H2. The number of hydrogen-bond donors (Lipinski definition) is 0. The van der Waals surface area contributed by atoms with Gasteiger partial charge in [-0.2, -0.15) is 13.2 Å². The van der Waals surface area contributed by atoms with Gasteiger partial charge in [-0.05, 0) is 48.0 Å². The van der Waals surface area contributed by atoms with Crippen LogP contribution in [0.2, 0.25) is 0 Å². The minimum Gasteiger partial charge on any atom is -0.336 e. The number of alkyl halides is 3. The molecule has 38 heavy (non-hydrogen) atoms. The number of nitrogens with zero attached hydrogens (tertiary/aromatic N) is 3. The van der Waals surface area contributed by atoms with Gasteiger partial charge in [0.05, 0.1) is 5.56 Å². The first-order valence-electron chi connectivity index (χ1n) is 12.5. The largest absolute Gasteiger partial charge is 0.416 e. The van der Waals surface area contributed by atoms with Gasteiger partial charge in [0.1, 0.15) is 0 Å². The number of piperazine rings is 1. The minimum absolute atomic E-state index is 0.0198. The zero-order valence-electron chi connectivity index (χ0n) is 20.7. The van der Waals surface area contributed by atoms with E-state index < -0.39 is 11.7 Å². The molecular formula is C29H28F3N3O2S. The fourth-order valence-corrected chi connectivity index (χ4v) is 5.63. The fraction of sp³-hybridized carbons (Fsp3) is 0.310. The van der Waals surface area contributed by atoms with Gasteiger partial charge in [-0.1, -0.05) is 36.4 Å². The topological polar surface area (TPSA) is 43.9 Å². The lowest BCUT2D eigenvalue weighted by molar-refractivity contribution is -0.137. The SMILES string of the molecule is O=C(c1ccccc1)N1CCN(C2CN(C(=O)c3ccc(SCc4cccc(C(F)(F)F)c4)cc3)C2)CC1. The molecule has 2 aliphatic heterocycles. The number of hydrogen-bond acceptors (Lipinski definition) is 4. The van der Waals surface area contributed by atoms with Crippen molar-refractivity contribution < 1.29 is 22.8 Å². The summed E-state index contributed by atoms with van der Waals surface area (Å²) in [5.41, 5.74) is 1.26. The third kappa shape index (κ3) is 6.05. The Kier molecular flexibility index (Phi) is 7.76. The molecule has 2 amide bonds. The summed E-state index contributed by atoms with van der Waals surface area (Å²) in [6.07, 6.45) is -4.35. The van der Waals surface area contributed by atoms with Crippen molar-refractivity contribution in [3.05, 3.63) is 101 Å². The highest BCUT2D eigenvalue weighted by Crippen LogP contribution is 2.31. The second kappa shape index (κ2) is 11.2. The Balaban J connectivity index is 1.07. The molecule has 0 aromatic heterocycles. The van der Waals surface area contributed by atoms with Crippen LogP contribution in [0.4, 0.5) is 13.2 Å². The summed E-state index contributed by atoms with van der Waals surface area (Å²) in [5.74, 6) is 0.454. The Morgan fingerprint density at radius 3 is 2.05 bits per heavy atom. The lowest BCUT2D eigenvalue weighted by Crippen LogP contribution is -2.64. The molecule has 5 nitrogen and oxygen atoms in total. The van der Waals surface area contributed by atoms with Crippen molar-refractivity contribution in [3.63, 3.8) is 0 Å². The number of thioether (sulfide) groups is 1. The van der Waals surface area contributed by atoms with Crippen molar-refractivity contribution in [1.29, 1.82) is 0 Å². The van der Waals surface area contributed by atoms with Crippen molar-refractivity contribution in [1.82, 2.24) is 14.7 Å². The zero-order chi connectivity index (χ0) is 26.7. The molecule has 2 aliphatic rings. The summed E-state index contributed by atoms with van der Waals surface area (Å²) in [7, 11) is 0. The maximum absolute atomic E-state index is 12.9. The summed E-state index contributed by atoms with van der Waals surface area (Å²) < 4.78 is 38.8. The van der Waals surface area contributed by atoms with E-state index in [0.717, 1.165) is 24.1 Å². The molecule has 0 aliphatic carbocycles. The van der Waals surface area contributed by atoms with Crippen LogP contribution in [0.15, 0.2) is 83.8 Å². The van der Waals surface area contributed by atoms with E-state index >= 15 is 0 Å². The molecule has 2 fully saturated rings. The van der Waals surface area contributed by atoms with Crippen LogP contribution in [-0.2, 0) is 11.9 Å². The zero-order valence-corrected chi connectivity index (χ0v) is 21.5. The smallest absolute Gasteiger partial charge is 0.336 e. The van der Waals surface area contributed by atoms with Crippen LogP contribution in [0, 0.1) is 0 Å². The van der Waals surface area contributed by atoms with Crippen LogP contribution >= 0.6 is 11.8 Å². The number of likely N-dealkylation sites (tertiary alicyclic amines) is 1. The number of carbonyl (C=O) groups excluding carboxylic acids is 2. The summed E-state index contributed by atoms with van der Waals surface area (Å²) >= 11 is 1.43. The second-order valence-electron chi connectivity index (χ2n) is 9.57. The Morgan fingerprint density at radius 1 is 0.763 bits per heavy atom. The van der Waals surface area contributed by atoms with E-state index in [9.17, 15) is 22.8 Å². The van der Waals surface area contributed by atoms with Gasteiger partial charge in [0.2, 0.25) is 0 Å². The first-order valence-corrected chi connectivity index (χ1v) is 13.5. The number of amides is 2. The van der Waals surface area contributed by atoms with E-state index in [-0.39, 0.29) is 11.8 Å². The Labute approximate surface area is 224 Å². The number of benzene rings is 3. The van der Waals surface area contributed by atoms with E-state index in [0.29, 0.717) is 54.7 Å². The minimum atomic E-state index is -4.35. The van der Waals surface area contributed by atoms with Gasteiger partial charge in [-0.15, -0.1) is 11.8 Å². The van der Waals surface area contributed by atoms with E-state index in [1.807, 2.05) is 52.3 Å². The van der Waals surface area contributed by atoms with Crippen LogP contribution in [0.5, 0.6) is 0 Å². The van der Waals surface area contributed by atoms with Crippen molar-refractivity contribution in [2.45, 2.75) is 22.9 Å². The molecular weight excluding hydrogens is 511 g/mol. The highest BCUT2D eigenvalue weighted by Gasteiger charge is 2.37. The number of carbonyl (C=O) groups is 2. The van der Waals surface area contributed by atoms with Crippen molar-refractivity contribution >= 4 is 23.6 Å². The molecule has 0 spiro atoms. The molecule has 198 valence electrons. The molecule has 5 rings (SSSR count). The van der Waals surface area contributed by atoms with Gasteiger partial charge < -0.3 is 9.80 Å². The van der Waals surface area contributed by atoms with Crippen molar-refractivity contribution in [3.8, 4) is 0 Å². The summed E-state index contributed by atoms with van der Waals surface area (Å²) in [4.78, 5) is 32.5. The summed E-state index contributed by atoms with van der Waals surface area (Å²) in [6.45, 7) is 4.27. The predicted molar refractivity (Wildman–Crippen MR) is 141 cm³/mol. The molecule has 2 saturated heterocycles. The maximum atomic E-state index is 12.9. The monoisotopic (exact) mass is 539 g/mol. The summed E-state index contributed by atoms with van der Waals surface area (Å²) in [6, 6.07) is 22.2. The molecule has 0 unspecified atom stereocenters. The van der Waals surface area contributed by atoms with Gasteiger partial charge in [0, 0.05) is 67.1 Å². The lowest BCUT2D eigenvalue weighted by Gasteiger charge is -2.48. The van der Waals surface area contributed by atoms with Crippen molar-refractivity contribution in [2.24, 2.45) is 0 Å². The van der Waals surface area contributed by atoms with Gasteiger partial charge in [0.25, 0.3) is 11.8 Å². The maximum Gasteiger partial charge on any atom is 0.416 e. The molecule has 3 aromatic carbocycles. The van der Waals surface area contributed by atoms with E-state index in [1.165, 1.54) is 23.9 Å². The average molecular weight is 540 g/mol. The molecule has 9 heteroatoms. The Morgan fingerprint density at radius 2 is 1.39 bits per heavy atom. The van der Waals surface area contributed by atoms with Gasteiger partial charge in [-0.3, -0.25) is 14.5 Å². The third-order valence-corrected chi connectivity index (χ3v) is 8.13. The Hall–Kier alpha value is -3.30.